The summed E-state index contributed by atoms with van der Waals surface area (Å²) >= 11 is 0. The number of phenolic OH excluding ortho intramolecular Hbond substituents is 1. The second-order valence-electron chi connectivity index (χ2n) is 14.8. The van der Waals surface area contributed by atoms with Crippen LogP contribution in [0.2, 0.25) is 0 Å². The van der Waals surface area contributed by atoms with E-state index in [1.54, 1.807) is 0 Å². The summed E-state index contributed by atoms with van der Waals surface area (Å²) in [6.45, 7) is 21.6. The highest BCUT2D eigenvalue weighted by molar-refractivity contribution is 5.90. The number of aromatic hydroxyl groups is 1. The van der Waals surface area contributed by atoms with Crippen LogP contribution in [0, 0.1) is 5.92 Å². The number of benzene rings is 1. The summed E-state index contributed by atoms with van der Waals surface area (Å²) in [5.41, 5.74) is 2.09. The predicted octanol–water partition coefficient (Wildman–Crippen LogP) is 7.51. The number of rotatable bonds is 9. The Labute approximate surface area is 231 Å². The highest BCUT2D eigenvalue weighted by Gasteiger charge is 2.42. The average Bonchev–Trinajstić information content (AvgIpc) is 2.71. The molecule has 1 aromatic carbocycles. The molecule has 0 bridgehead atoms. The first kappa shape index (κ1) is 32.1. The molecule has 2 N–H and O–H groups in total. The highest BCUT2D eigenvalue weighted by atomic mass is 16.5. The summed E-state index contributed by atoms with van der Waals surface area (Å²) < 4.78 is 5.79. The van der Waals surface area contributed by atoms with Crippen LogP contribution in [-0.2, 0) is 25.2 Å². The second kappa shape index (κ2) is 11.6. The van der Waals surface area contributed by atoms with Crippen LogP contribution in [0.5, 0.6) is 5.75 Å². The number of unbranched alkanes of at least 4 members (excludes halogenated alkanes) is 1. The molecule has 1 unspecified atom stereocenters. The first-order chi connectivity index (χ1) is 17.1. The van der Waals surface area contributed by atoms with Crippen molar-refractivity contribution in [2.45, 2.75) is 142 Å². The lowest BCUT2D eigenvalue weighted by atomic mass is 9.72. The summed E-state index contributed by atoms with van der Waals surface area (Å²) in [4.78, 5) is 26.1. The fourth-order valence-corrected chi connectivity index (χ4v) is 6.15. The van der Waals surface area contributed by atoms with Crippen molar-refractivity contribution in [3.63, 3.8) is 0 Å². The third-order valence-electron chi connectivity index (χ3n) is 8.41. The van der Waals surface area contributed by atoms with Gasteiger partial charge >= 0.3 is 11.9 Å². The van der Waals surface area contributed by atoms with Gasteiger partial charge in [-0.05, 0) is 106 Å². The first-order valence-electron chi connectivity index (χ1n) is 14.2. The second-order valence-corrected chi connectivity index (χ2v) is 14.8. The summed E-state index contributed by atoms with van der Waals surface area (Å²) in [7, 11) is 2.22. The zero-order valence-corrected chi connectivity index (χ0v) is 25.8. The fraction of sp³-hybridized carbons (Fsp3) is 0.750. The van der Waals surface area contributed by atoms with E-state index in [0.29, 0.717) is 12.3 Å². The Morgan fingerprint density at radius 3 is 1.87 bits per heavy atom. The van der Waals surface area contributed by atoms with Crippen molar-refractivity contribution in [2.75, 3.05) is 7.05 Å². The van der Waals surface area contributed by atoms with Crippen molar-refractivity contribution in [3.05, 3.63) is 28.8 Å². The van der Waals surface area contributed by atoms with Crippen LogP contribution in [0.15, 0.2) is 12.1 Å². The van der Waals surface area contributed by atoms with Gasteiger partial charge in [0.2, 0.25) is 0 Å². The van der Waals surface area contributed by atoms with Crippen LogP contribution in [0.4, 0.5) is 0 Å². The fourth-order valence-electron chi connectivity index (χ4n) is 6.15. The molecule has 0 spiro atoms. The number of carboxylic acids is 1. The van der Waals surface area contributed by atoms with Crippen LogP contribution in [-0.4, -0.2) is 45.2 Å². The Hall–Kier alpha value is -2.08. The minimum Gasteiger partial charge on any atom is -0.507 e. The summed E-state index contributed by atoms with van der Waals surface area (Å²) in [5, 5.41) is 20.3. The highest BCUT2D eigenvalue weighted by Crippen LogP contribution is 2.44. The van der Waals surface area contributed by atoms with E-state index in [0.717, 1.165) is 48.8 Å². The Bertz CT molecular complexity index is 943. The normalized spacial score (nSPS) is 19.2. The monoisotopic (exact) mass is 531 g/mol. The maximum absolute atomic E-state index is 12.5. The first-order valence-corrected chi connectivity index (χ1v) is 14.2. The molecule has 1 saturated heterocycles. The van der Waals surface area contributed by atoms with Gasteiger partial charge in [0.1, 0.15) is 18.3 Å². The largest absolute Gasteiger partial charge is 0.507 e. The molecule has 1 aliphatic heterocycles. The Balaban J connectivity index is 2.28. The Morgan fingerprint density at radius 1 is 0.974 bits per heavy atom. The number of esters is 1. The Morgan fingerprint density at radius 2 is 1.45 bits per heavy atom. The van der Waals surface area contributed by atoms with Crippen molar-refractivity contribution in [2.24, 2.45) is 5.92 Å². The number of carboxylic acid groups (broad SMARTS) is 1. The molecule has 0 aromatic heterocycles. The van der Waals surface area contributed by atoms with E-state index in [4.69, 9.17) is 9.84 Å². The third kappa shape index (κ3) is 8.21. The maximum atomic E-state index is 12.5. The summed E-state index contributed by atoms with van der Waals surface area (Å²) in [6.07, 6.45) is 4.72. The van der Waals surface area contributed by atoms with Crippen LogP contribution in [0.3, 0.4) is 0 Å². The van der Waals surface area contributed by atoms with Gasteiger partial charge in [0, 0.05) is 11.1 Å². The average molecular weight is 532 g/mol. The zero-order valence-electron chi connectivity index (χ0n) is 25.8. The minimum atomic E-state index is -1.20. The number of ether oxygens (including phenoxy) is 1. The SMILES string of the molecule is CN1C(C)(C)CC(CCCCC(OC(=O)CC(=O)O)c2cc(C(C)(C)C)c(O)c(C(C)(C)C)c2)CC1(C)C. The molecule has 0 amide bonds. The number of carbonyl (C=O) groups excluding carboxylic acids is 1. The lowest BCUT2D eigenvalue weighted by Gasteiger charge is -2.54. The van der Waals surface area contributed by atoms with Gasteiger partial charge in [0.25, 0.3) is 0 Å². The number of aliphatic carboxylic acids is 1. The number of hydrogen-bond acceptors (Lipinski definition) is 5. The molecule has 6 nitrogen and oxygen atoms in total. The van der Waals surface area contributed by atoms with E-state index in [9.17, 15) is 14.7 Å². The third-order valence-corrected chi connectivity index (χ3v) is 8.41. The van der Waals surface area contributed by atoms with Gasteiger partial charge in [-0.25, -0.2) is 0 Å². The number of nitrogens with zero attached hydrogens (tertiary/aromatic N) is 1. The molecular weight excluding hydrogens is 478 g/mol. The number of carbonyl (C=O) groups is 2. The molecular formula is C32H53NO5. The van der Waals surface area contributed by atoms with Gasteiger partial charge in [0.15, 0.2) is 0 Å². The molecule has 1 heterocycles. The van der Waals surface area contributed by atoms with Crippen molar-refractivity contribution in [1.29, 1.82) is 0 Å². The lowest BCUT2D eigenvalue weighted by molar-refractivity contribution is -0.155. The molecule has 1 atom stereocenters. The molecule has 0 aliphatic carbocycles. The molecule has 1 aliphatic rings. The zero-order chi connectivity index (χ0) is 29.3. The van der Waals surface area contributed by atoms with E-state index in [1.807, 2.05) is 53.7 Å². The van der Waals surface area contributed by atoms with Crippen LogP contribution in [0.1, 0.15) is 137 Å². The van der Waals surface area contributed by atoms with Gasteiger partial charge in [0.05, 0.1) is 0 Å². The summed E-state index contributed by atoms with van der Waals surface area (Å²) in [6, 6.07) is 3.87. The topological polar surface area (TPSA) is 87.1 Å². The van der Waals surface area contributed by atoms with Crippen molar-refractivity contribution >= 4 is 11.9 Å². The van der Waals surface area contributed by atoms with Crippen LogP contribution in [0.25, 0.3) is 0 Å². The predicted molar refractivity (Wildman–Crippen MR) is 154 cm³/mol. The van der Waals surface area contributed by atoms with Crippen molar-refractivity contribution in [3.8, 4) is 5.75 Å². The number of piperidine rings is 1. The summed E-state index contributed by atoms with van der Waals surface area (Å²) in [5.74, 6) is -1.02. The smallest absolute Gasteiger partial charge is 0.317 e. The van der Waals surface area contributed by atoms with E-state index in [-0.39, 0.29) is 27.7 Å². The molecule has 0 saturated carbocycles. The van der Waals surface area contributed by atoms with Gasteiger partial charge in [-0.15, -0.1) is 0 Å². The van der Waals surface area contributed by atoms with Gasteiger partial charge < -0.3 is 14.9 Å². The molecule has 2 rings (SSSR count). The molecule has 216 valence electrons. The minimum absolute atomic E-state index is 0.153. The quantitative estimate of drug-likeness (QED) is 0.195. The van der Waals surface area contributed by atoms with E-state index >= 15 is 0 Å². The van der Waals surface area contributed by atoms with Gasteiger partial charge in [-0.2, -0.15) is 0 Å². The number of phenols is 1. The molecule has 38 heavy (non-hydrogen) atoms. The number of hydrogen-bond donors (Lipinski definition) is 2. The molecule has 1 fully saturated rings. The van der Waals surface area contributed by atoms with E-state index in [1.165, 1.54) is 0 Å². The maximum Gasteiger partial charge on any atom is 0.317 e. The van der Waals surface area contributed by atoms with Crippen LogP contribution < -0.4 is 0 Å². The molecule has 1 aromatic rings. The van der Waals surface area contributed by atoms with Gasteiger partial charge in [-0.1, -0.05) is 54.4 Å². The standard InChI is InChI=1S/C32H53NO5/c1-29(2,3)23-16-22(17-24(28(23)37)30(4,5)6)25(38-27(36)18-26(34)35)15-13-12-14-21-19-31(7,8)33(11)32(9,10)20-21/h16-17,21,25,37H,12-15,18-20H2,1-11H3,(H,34,35). The van der Waals surface area contributed by atoms with E-state index in [2.05, 4.69) is 39.6 Å². The number of likely N-dealkylation sites (tertiary alicyclic amines) is 1. The van der Waals surface area contributed by atoms with Crippen LogP contribution >= 0.6 is 0 Å². The Kier molecular flexibility index (Phi) is 9.79. The lowest BCUT2D eigenvalue weighted by Crippen LogP contribution is -2.58. The molecule has 0 radical (unpaired) electrons. The van der Waals surface area contributed by atoms with Crippen molar-refractivity contribution < 1.29 is 24.5 Å². The molecule has 6 heteroatoms. The van der Waals surface area contributed by atoms with E-state index < -0.39 is 24.5 Å². The van der Waals surface area contributed by atoms with Gasteiger partial charge in [-0.3, -0.25) is 14.5 Å². The van der Waals surface area contributed by atoms with Crippen molar-refractivity contribution in [1.82, 2.24) is 4.90 Å².